The first-order valence-electron chi connectivity index (χ1n) is 7.65. The Bertz CT molecular complexity index is 242. The summed E-state index contributed by atoms with van der Waals surface area (Å²) in [5.74, 6) is -0.571. The van der Waals surface area contributed by atoms with Crippen molar-refractivity contribution in [1.82, 2.24) is 5.32 Å². The molecule has 19 heavy (non-hydrogen) atoms. The number of carboxylic acid groups (broad SMARTS) is 1. The van der Waals surface area contributed by atoms with Crippen LogP contribution in [0.1, 0.15) is 77.6 Å². The average molecular weight is 271 g/mol. The van der Waals surface area contributed by atoms with Crippen LogP contribution in [0, 0.1) is 0 Å². The third-order valence-corrected chi connectivity index (χ3v) is 3.15. The molecular weight excluding hydrogens is 242 g/mol. The third-order valence-electron chi connectivity index (χ3n) is 3.15. The highest BCUT2D eigenvalue weighted by Gasteiger charge is 2.00. The van der Waals surface area contributed by atoms with E-state index in [4.69, 9.17) is 5.11 Å². The molecule has 0 aromatic rings. The van der Waals surface area contributed by atoms with Gasteiger partial charge in [0.1, 0.15) is 0 Å². The van der Waals surface area contributed by atoms with Gasteiger partial charge < -0.3 is 10.4 Å². The molecule has 0 aliphatic rings. The van der Waals surface area contributed by atoms with Crippen molar-refractivity contribution in [2.24, 2.45) is 0 Å². The van der Waals surface area contributed by atoms with Gasteiger partial charge >= 0.3 is 5.97 Å². The number of carbonyl (C=O) groups excluding carboxylic acids is 1. The molecule has 0 aromatic carbocycles. The zero-order valence-corrected chi connectivity index (χ0v) is 12.2. The first kappa shape index (κ1) is 17.9. The minimum Gasteiger partial charge on any atom is -0.481 e. The number of unbranched alkanes of at least 4 members (excludes halogenated alkanes) is 7. The smallest absolute Gasteiger partial charge is 0.303 e. The minimum atomic E-state index is -0.726. The Kier molecular flexibility index (Phi) is 12.6. The highest BCUT2D eigenvalue weighted by molar-refractivity contribution is 5.75. The summed E-state index contributed by atoms with van der Waals surface area (Å²) in [6.07, 6.45) is 10.4. The molecule has 2 N–H and O–H groups in total. The highest BCUT2D eigenvalue weighted by atomic mass is 16.4. The van der Waals surface area contributed by atoms with E-state index in [-0.39, 0.29) is 12.3 Å². The van der Waals surface area contributed by atoms with E-state index < -0.39 is 5.97 Å². The van der Waals surface area contributed by atoms with E-state index in [2.05, 4.69) is 12.2 Å². The van der Waals surface area contributed by atoms with E-state index in [1.54, 1.807) is 0 Å². The first-order valence-corrected chi connectivity index (χ1v) is 7.65. The largest absolute Gasteiger partial charge is 0.481 e. The standard InChI is InChI=1S/C15H29NO3/c1-2-3-4-5-8-11-14(17)16-13-10-7-6-9-12-15(18)19/h2-13H2,1H3,(H,16,17)(H,18,19). The summed E-state index contributed by atoms with van der Waals surface area (Å²) in [6.45, 7) is 2.91. The lowest BCUT2D eigenvalue weighted by Gasteiger charge is -2.05. The number of amides is 1. The maximum Gasteiger partial charge on any atom is 0.303 e. The quantitative estimate of drug-likeness (QED) is 0.504. The number of carbonyl (C=O) groups is 2. The van der Waals surface area contributed by atoms with E-state index >= 15 is 0 Å². The molecule has 0 rings (SSSR count). The van der Waals surface area contributed by atoms with Crippen LogP contribution in [0.2, 0.25) is 0 Å². The molecule has 0 saturated carbocycles. The maximum atomic E-state index is 11.5. The lowest BCUT2D eigenvalue weighted by molar-refractivity contribution is -0.137. The van der Waals surface area contributed by atoms with Crippen LogP contribution in [0.25, 0.3) is 0 Å². The normalized spacial score (nSPS) is 10.4. The molecule has 0 unspecified atom stereocenters. The van der Waals surface area contributed by atoms with Gasteiger partial charge in [0.05, 0.1) is 0 Å². The van der Waals surface area contributed by atoms with Gasteiger partial charge in [-0.25, -0.2) is 0 Å². The Hall–Kier alpha value is -1.06. The van der Waals surface area contributed by atoms with Gasteiger partial charge in [-0.15, -0.1) is 0 Å². The summed E-state index contributed by atoms with van der Waals surface area (Å²) < 4.78 is 0. The van der Waals surface area contributed by atoms with Crippen molar-refractivity contribution in [2.75, 3.05) is 6.54 Å². The van der Waals surface area contributed by atoms with Crippen molar-refractivity contribution >= 4 is 11.9 Å². The van der Waals surface area contributed by atoms with Gasteiger partial charge in [0.2, 0.25) is 5.91 Å². The molecular formula is C15H29NO3. The summed E-state index contributed by atoms with van der Waals surface area (Å²) in [6, 6.07) is 0. The van der Waals surface area contributed by atoms with Crippen molar-refractivity contribution in [3.63, 3.8) is 0 Å². The molecule has 112 valence electrons. The lowest BCUT2D eigenvalue weighted by atomic mass is 10.1. The summed E-state index contributed by atoms with van der Waals surface area (Å²) in [5, 5.41) is 11.4. The van der Waals surface area contributed by atoms with E-state index in [9.17, 15) is 9.59 Å². The van der Waals surface area contributed by atoms with Crippen LogP contribution in [-0.2, 0) is 9.59 Å². The minimum absolute atomic E-state index is 0.155. The van der Waals surface area contributed by atoms with Crippen LogP contribution in [0.5, 0.6) is 0 Å². The zero-order valence-electron chi connectivity index (χ0n) is 12.2. The van der Waals surface area contributed by atoms with E-state index in [1.165, 1.54) is 19.3 Å². The zero-order chi connectivity index (χ0) is 14.3. The number of aliphatic carboxylic acids is 1. The van der Waals surface area contributed by atoms with Gasteiger partial charge in [-0.2, -0.15) is 0 Å². The molecule has 0 aliphatic carbocycles. The van der Waals surface area contributed by atoms with Gasteiger partial charge in [0, 0.05) is 19.4 Å². The molecule has 1 amide bonds. The van der Waals surface area contributed by atoms with Crippen LogP contribution < -0.4 is 5.32 Å². The Morgan fingerprint density at radius 3 is 2.05 bits per heavy atom. The predicted octanol–water partition coefficient (Wildman–Crippen LogP) is 3.50. The SMILES string of the molecule is CCCCCCCC(=O)NCCCCCCC(=O)O. The summed E-state index contributed by atoms with van der Waals surface area (Å²) in [5.41, 5.74) is 0. The average Bonchev–Trinajstić information content (AvgIpc) is 2.37. The molecule has 0 radical (unpaired) electrons. The molecule has 4 heteroatoms. The highest BCUT2D eigenvalue weighted by Crippen LogP contribution is 2.05. The number of rotatable bonds is 13. The Morgan fingerprint density at radius 2 is 1.42 bits per heavy atom. The summed E-state index contributed by atoms with van der Waals surface area (Å²) in [7, 11) is 0. The summed E-state index contributed by atoms with van der Waals surface area (Å²) in [4.78, 5) is 21.8. The van der Waals surface area contributed by atoms with Gasteiger partial charge in [-0.3, -0.25) is 9.59 Å². The fraction of sp³-hybridized carbons (Fsp3) is 0.867. The third kappa shape index (κ3) is 14.9. The van der Waals surface area contributed by atoms with E-state index in [0.29, 0.717) is 6.42 Å². The van der Waals surface area contributed by atoms with Crippen LogP contribution in [-0.4, -0.2) is 23.5 Å². The van der Waals surface area contributed by atoms with E-state index in [1.807, 2.05) is 0 Å². The van der Waals surface area contributed by atoms with Crippen LogP contribution in [0.3, 0.4) is 0 Å². The Morgan fingerprint density at radius 1 is 0.842 bits per heavy atom. The number of hydrogen-bond donors (Lipinski definition) is 2. The molecule has 0 bridgehead atoms. The molecule has 0 atom stereocenters. The van der Waals surface area contributed by atoms with Gasteiger partial charge in [-0.1, -0.05) is 45.4 Å². The van der Waals surface area contributed by atoms with Crippen LogP contribution in [0.15, 0.2) is 0 Å². The number of nitrogens with one attached hydrogen (secondary N) is 1. The molecule has 0 aromatic heterocycles. The molecule has 0 aliphatic heterocycles. The number of hydrogen-bond acceptors (Lipinski definition) is 2. The lowest BCUT2D eigenvalue weighted by Crippen LogP contribution is -2.23. The topological polar surface area (TPSA) is 66.4 Å². The molecule has 0 spiro atoms. The van der Waals surface area contributed by atoms with E-state index in [0.717, 1.165) is 45.1 Å². The Balaban J connectivity index is 3.18. The van der Waals surface area contributed by atoms with Crippen molar-refractivity contribution in [3.8, 4) is 0 Å². The molecule has 0 saturated heterocycles. The monoisotopic (exact) mass is 271 g/mol. The van der Waals surface area contributed by atoms with Crippen molar-refractivity contribution in [1.29, 1.82) is 0 Å². The van der Waals surface area contributed by atoms with Crippen LogP contribution in [0.4, 0.5) is 0 Å². The Labute approximate surface area is 117 Å². The molecule has 0 heterocycles. The number of carboxylic acids is 1. The fourth-order valence-electron chi connectivity index (χ4n) is 1.96. The molecule has 0 fully saturated rings. The van der Waals surface area contributed by atoms with Gasteiger partial charge in [0.25, 0.3) is 0 Å². The molecule has 4 nitrogen and oxygen atoms in total. The maximum absolute atomic E-state index is 11.5. The van der Waals surface area contributed by atoms with Crippen molar-refractivity contribution in [3.05, 3.63) is 0 Å². The van der Waals surface area contributed by atoms with Crippen LogP contribution >= 0.6 is 0 Å². The van der Waals surface area contributed by atoms with Gasteiger partial charge in [0.15, 0.2) is 0 Å². The van der Waals surface area contributed by atoms with Crippen molar-refractivity contribution < 1.29 is 14.7 Å². The van der Waals surface area contributed by atoms with Gasteiger partial charge in [-0.05, 0) is 19.3 Å². The second kappa shape index (κ2) is 13.4. The van der Waals surface area contributed by atoms with Crippen molar-refractivity contribution in [2.45, 2.75) is 77.6 Å². The predicted molar refractivity (Wildman–Crippen MR) is 77.1 cm³/mol. The second-order valence-electron chi connectivity index (χ2n) is 5.07. The fourth-order valence-corrected chi connectivity index (χ4v) is 1.96. The second-order valence-corrected chi connectivity index (χ2v) is 5.07. The summed E-state index contributed by atoms with van der Waals surface area (Å²) >= 11 is 0. The first-order chi connectivity index (χ1) is 9.16.